The standard InChI is InChI=1S/C11H6F6N2O/c12-10(13,14)19(11(15,16)17)9(20)8-5-6-3-1-2-4-7(6)18-8/h1-5,18H. The van der Waals surface area contributed by atoms with E-state index in [1.54, 1.807) is 0 Å². The SMILES string of the molecule is O=C(c1cc2ccccc2[nH]1)N(C(F)(F)F)C(F)(F)F. The molecule has 20 heavy (non-hydrogen) atoms. The van der Waals surface area contributed by atoms with Crippen molar-refractivity contribution in [3.8, 4) is 0 Å². The van der Waals surface area contributed by atoms with E-state index in [4.69, 9.17) is 0 Å². The van der Waals surface area contributed by atoms with E-state index < -0.39 is 29.1 Å². The van der Waals surface area contributed by atoms with Gasteiger partial charge in [-0.3, -0.25) is 4.79 Å². The maximum absolute atomic E-state index is 12.4. The summed E-state index contributed by atoms with van der Waals surface area (Å²) in [7, 11) is 0. The van der Waals surface area contributed by atoms with Gasteiger partial charge in [-0.25, -0.2) is 0 Å². The third-order valence-electron chi connectivity index (χ3n) is 2.47. The minimum absolute atomic E-state index is 0.264. The Labute approximate surface area is 107 Å². The molecule has 3 nitrogen and oxygen atoms in total. The molecule has 0 radical (unpaired) electrons. The molecular formula is C11H6F6N2O. The van der Waals surface area contributed by atoms with E-state index in [1.807, 2.05) is 0 Å². The van der Waals surface area contributed by atoms with Gasteiger partial charge in [-0.15, -0.1) is 26.3 Å². The zero-order valence-electron chi connectivity index (χ0n) is 9.51. The highest BCUT2D eigenvalue weighted by Crippen LogP contribution is 2.35. The quantitative estimate of drug-likeness (QED) is 0.633. The number of amides is 1. The van der Waals surface area contributed by atoms with Gasteiger partial charge in [0, 0.05) is 10.9 Å². The zero-order chi connectivity index (χ0) is 15.1. The Kier molecular flexibility index (Phi) is 3.15. The van der Waals surface area contributed by atoms with E-state index in [9.17, 15) is 31.1 Å². The predicted molar refractivity (Wildman–Crippen MR) is 56.6 cm³/mol. The molecule has 0 saturated carbocycles. The number of aromatic nitrogens is 1. The van der Waals surface area contributed by atoms with Gasteiger partial charge in [0.1, 0.15) is 5.69 Å². The number of hydrogen-bond acceptors (Lipinski definition) is 1. The van der Waals surface area contributed by atoms with Crippen LogP contribution in [0.25, 0.3) is 10.9 Å². The van der Waals surface area contributed by atoms with Gasteiger partial charge in [0.05, 0.1) is 0 Å². The van der Waals surface area contributed by atoms with E-state index >= 15 is 0 Å². The van der Waals surface area contributed by atoms with E-state index in [0.717, 1.165) is 6.07 Å². The highest BCUT2D eigenvalue weighted by Gasteiger charge is 2.57. The second kappa shape index (κ2) is 4.43. The average Bonchev–Trinajstić information content (AvgIpc) is 2.68. The highest BCUT2D eigenvalue weighted by atomic mass is 19.4. The molecule has 1 N–H and O–H groups in total. The second-order valence-electron chi connectivity index (χ2n) is 3.85. The summed E-state index contributed by atoms with van der Waals surface area (Å²) in [5.41, 5.74) is -0.527. The molecule has 1 aromatic carbocycles. The Morgan fingerprint density at radius 1 is 1.00 bits per heavy atom. The first kappa shape index (κ1) is 14.2. The van der Waals surface area contributed by atoms with Gasteiger partial charge in [0.25, 0.3) is 5.91 Å². The van der Waals surface area contributed by atoms with Crippen LogP contribution in [-0.2, 0) is 0 Å². The number of nitrogens with zero attached hydrogens (tertiary/aromatic N) is 1. The van der Waals surface area contributed by atoms with Gasteiger partial charge in [0.2, 0.25) is 0 Å². The zero-order valence-corrected chi connectivity index (χ0v) is 9.51. The minimum Gasteiger partial charge on any atom is -0.351 e. The number of benzene rings is 1. The summed E-state index contributed by atoms with van der Waals surface area (Å²) in [5.74, 6) is -2.21. The number of nitrogens with one attached hydrogen (secondary N) is 1. The van der Waals surface area contributed by atoms with Crippen molar-refractivity contribution < 1.29 is 31.1 Å². The lowest BCUT2D eigenvalue weighted by Crippen LogP contribution is -2.51. The molecule has 0 aliphatic rings. The number of alkyl halides is 6. The van der Waals surface area contributed by atoms with Gasteiger partial charge < -0.3 is 4.98 Å². The maximum atomic E-state index is 12.4. The lowest BCUT2D eigenvalue weighted by atomic mass is 10.2. The van der Waals surface area contributed by atoms with E-state index in [1.165, 1.54) is 24.3 Å². The van der Waals surface area contributed by atoms with Crippen LogP contribution in [0.4, 0.5) is 26.3 Å². The van der Waals surface area contributed by atoms with Crippen molar-refractivity contribution >= 4 is 16.8 Å². The topological polar surface area (TPSA) is 36.1 Å². The number of H-pyrrole nitrogens is 1. The van der Waals surface area contributed by atoms with Gasteiger partial charge in [0.15, 0.2) is 0 Å². The van der Waals surface area contributed by atoms with E-state index in [2.05, 4.69) is 4.98 Å². The van der Waals surface area contributed by atoms with Crippen molar-refractivity contribution in [2.45, 2.75) is 12.6 Å². The lowest BCUT2D eigenvalue weighted by molar-refractivity contribution is -0.348. The van der Waals surface area contributed by atoms with Crippen molar-refractivity contribution in [1.29, 1.82) is 0 Å². The third-order valence-corrected chi connectivity index (χ3v) is 2.47. The molecular weight excluding hydrogens is 290 g/mol. The summed E-state index contributed by atoms with van der Waals surface area (Å²) in [6.07, 6.45) is -11.7. The number of fused-ring (bicyclic) bond motifs is 1. The molecule has 2 aromatic rings. The fourth-order valence-electron chi connectivity index (χ4n) is 1.68. The van der Waals surface area contributed by atoms with Crippen LogP contribution in [0.1, 0.15) is 10.5 Å². The molecule has 0 unspecified atom stereocenters. The second-order valence-corrected chi connectivity index (χ2v) is 3.85. The Morgan fingerprint density at radius 2 is 1.55 bits per heavy atom. The molecule has 0 saturated heterocycles. The largest absolute Gasteiger partial charge is 0.494 e. The summed E-state index contributed by atoms with van der Waals surface area (Å²) in [6.45, 7) is 0. The highest BCUT2D eigenvalue weighted by molar-refractivity contribution is 5.98. The number of carbonyl (C=O) groups is 1. The molecule has 1 heterocycles. The molecule has 0 fully saturated rings. The third kappa shape index (κ3) is 2.56. The van der Waals surface area contributed by atoms with E-state index in [0.29, 0.717) is 5.39 Å². The van der Waals surface area contributed by atoms with E-state index in [-0.39, 0.29) is 5.52 Å². The Bertz CT molecular complexity index is 595. The van der Waals surface area contributed by atoms with Crippen molar-refractivity contribution in [2.24, 2.45) is 0 Å². The fraction of sp³-hybridized carbons (Fsp3) is 0.182. The molecule has 108 valence electrons. The van der Waals surface area contributed by atoms with Crippen LogP contribution in [0.3, 0.4) is 0 Å². The molecule has 0 bridgehead atoms. The molecule has 1 aromatic heterocycles. The first-order valence-corrected chi connectivity index (χ1v) is 5.16. The van der Waals surface area contributed by atoms with Crippen LogP contribution in [0.5, 0.6) is 0 Å². The lowest BCUT2D eigenvalue weighted by Gasteiger charge is -2.26. The van der Waals surface area contributed by atoms with Gasteiger partial charge in [-0.2, -0.15) is 4.90 Å². The van der Waals surface area contributed by atoms with Crippen molar-refractivity contribution in [2.75, 3.05) is 0 Å². The van der Waals surface area contributed by atoms with Gasteiger partial charge in [-0.1, -0.05) is 18.2 Å². The monoisotopic (exact) mass is 296 g/mol. The van der Waals surface area contributed by atoms with Crippen molar-refractivity contribution in [3.63, 3.8) is 0 Å². The summed E-state index contributed by atoms with van der Waals surface area (Å²) in [5, 5.41) is 0.333. The number of para-hydroxylation sites is 1. The number of hydrogen-bond donors (Lipinski definition) is 1. The van der Waals surface area contributed by atoms with Crippen LogP contribution in [0, 0.1) is 0 Å². The average molecular weight is 296 g/mol. The van der Waals surface area contributed by atoms with Crippen LogP contribution in [0.15, 0.2) is 30.3 Å². The van der Waals surface area contributed by atoms with Crippen LogP contribution in [0.2, 0.25) is 0 Å². The summed E-state index contributed by atoms with van der Waals surface area (Å²) in [4.78, 5) is 11.6. The molecule has 1 amide bonds. The number of carbonyl (C=O) groups excluding carboxylic acids is 1. The molecule has 0 aliphatic carbocycles. The van der Waals surface area contributed by atoms with Crippen LogP contribution < -0.4 is 0 Å². The molecule has 9 heteroatoms. The summed E-state index contributed by atoms with van der Waals surface area (Å²) in [6, 6.07) is 6.88. The van der Waals surface area contributed by atoms with Gasteiger partial charge in [-0.05, 0) is 12.1 Å². The number of halogens is 6. The fourth-order valence-corrected chi connectivity index (χ4v) is 1.68. The molecule has 2 rings (SSSR count). The Hall–Kier alpha value is -2.19. The molecule has 0 spiro atoms. The normalized spacial score (nSPS) is 12.7. The Morgan fingerprint density at radius 3 is 2.05 bits per heavy atom. The first-order valence-electron chi connectivity index (χ1n) is 5.16. The molecule has 0 aliphatic heterocycles. The molecule has 0 atom stereocenters. The first-order chi connectivity index (χ1) is 9.10. The predicted octanol–water partition coefficient (Wildman–Crippen LogP) is 3.65. The van der Waals surface area contributed by atoms with Crippen molar-refractivity contribution in [3.05, 3.63) is 36.0 Å². The van der Waals surface area contributed by atoms with Gasteiger partial charge >= 0.3 is 12.6 Å². The minimum atomic E-state index is -5.85. The number of aromatic amines is 1. The van der Waals surface area contributed by atoms with Crippen LogP contribution >= 0.6 is 0 Å². The van der Waals surface area contributed by atoms with Crippen molar-refractivity contribution in [1.82, 2.24) is 9.88 Å². The smallest absolute Gasteiger partial charge is 0.351 e. The number of rotatable bonds is 1. The Balaban J connectivity index is 2.47. The summed E-state index contributed by atoms with van der Waals surface area (Å²) >= 11 is 0. The summed E-state index contributed by atoms with van der Waals surface area (Å²) < 4.78 is 74.3. The van der Waals surface area contributed by atoms with Crippen LogP contribution in [-0.4, -0.2) is 28.4 Å². The maximum Gasteiger partial charge on any atom is 0.494 e.